The fourth-order valence-corrected chi connectivity index (χ4v) is 7.33. The van der Waals surface area contributed by atoms with Gasteiger partial charge < -0.3 is 26.6 Å². The largest absolute Gasteiger partial charge is 0.705 e. The predicted molar refractivity (Wildman–Crippen MR) is 117 cm³/mol. The summed E-state index contributed by atoms with van der Waals surface area (Å²) in [7, 11) is -7.09. The third-order valence-corrected chi connectivity index (χ3v) is 8.86. The predicted octanol–water partition coefficient (Wildman–Crippen LogP) is 2.44. The molecule has 14 heteroatoms. The fraction of sp³-hybridized carbons (Fsp3) is 0.684. The number of hydrogen-bond donors (Lipinski definition) is 0. The summed E-state index contributed by atoms with van der Waals surface area (Å²) >= 11 is 0. The molecular weight excluding hydrogens is 476 g/mol. The first-order valence-electron chi connectivity index (χ1n) is 10.3. The van der Waals surface area contributed by atoms with Crippen LogP contribution in [-0.4, -0.2) is 53.4 Å². The normalized spacial score (nSPS) is 10.5. The second-order valence-corrected chi connectivity index (χ2v) is 11.7. The highest BCUT2D eigenvalue weighted by molar-refractivity contribution is 6.66. The van der Waals surface area contributed by atoms with Crippen molar-refractivity contribution in [2.45, 2.75) is 86.7 Å². The van der Waals surface area contributed by atoms with Gasteiger partial charge in [-0.25, -0.2) is 0 Å². The molecule has 0 saturated carbocycles. The van der Waals surface area contributed by atoms with Crippen LogP contribution in [0.4, 0.5) is 0 Å². The second kappa shape index (κ2) is 16.0. The minimum atomic E-state index is -3.55. The van der Waals surface area contributed by atoms with Crippen LogP contribution in [-0.2, 0) is 55.3 Å². The van der Waals surface area contributed by atoms with Gasteiger partial charge in [0.05, 0.1) is 12.1 Å². The molecule has 0 rings (SSSR count). The minimum Gasteiger partial charge on any atom is -0.455 e. The molecule has 0 N–H and O–H groups in total. The van der Waals surface area contributed by atoms with E-state index in [0.29, 0.717) is 12.8 Å². The molecule has 12 nitrogen and oxygen atoms in total. The van der Waals surface area contributed by atoms with Gasteiger partial charge in [-0.3, -0.25) is 28.8 Å². The van der Waals surface area contributed by atoms with Crippen LogP contribution in [0, 0.1) is 0 Å². The molecule has 0 fully saturated rings. The molecule has 0 unspecified atom stereocenters. The number of rotatable bonds is 11. The lowest BCUT2D eigenvalue weighted by molar-refractivity contribution is -0.151. The summed E-state index contributed by atoms with van der Waals surface area (Å²) in [6, 6.07) is 0.480. The zero-order valence-electron chi connectivity index (χ0n) is 20.4. The van der Waals surface area contributed by atoms with Gasteiger partial charge in [0.2, 0.25) is 0 Å². The van der Waals surface area contributed by atoms with Gasteiger partial charge >= 0.3 is 17.6 Å². The van der Waals surface area contributed by atoms with E-state index in [2.05, 4.69) is 0 Å². The minimum absolute atomic E-state index is 0.228. The van der Waals surface area contributed by atoms with E-state index in [9.17, 15) is 28.8 Å². The van der Waals surface area contributed by atoms with Crippen molar-refractivity contribution < 1.29 is 55.3 Å². The number of carbonyl (C=O) groups is 6. The zero-order valence-corrected chi connectivity index (χ0v) is 22.4. The Bertz CT molecular complexity index is 625. The van der Waals surface area contributed by atoms with Gasteiger partial charge in [0.1, 0.15) is 0 Å². The van der Waals surface area contributed by atoms with Crippen molar-refractivity contribution in [2.24, 2.45) is 0 Å². The average molecular weight is 511 g/mol. The van der Waals surface area contributed by atoms with Gasteiger partial charge in [0.25, 0.3) is 35.8 Å². The van der Waals surface area contributed by atoms with Crippen LogP contribution in [0.5, 0.6) is 0 Å². The molecule has 0 saturated heterocycles. The van der Waals surface area contributed by atoms with Crippen LogP contribution in [0.15, 0.2) is 0 Å². The van der Waals surface area contributed by atoms with Gasteiger partial charge in [-0.05, 0) is 12.8 Å². The first-order valence-corrected chi connectivity index (χ1v) is 14.2. The van der Waals surface area contributed by atoms with Gasteiger partial charge in [0.15, 0.2) is 0 Å². The fourth-order valence-electron chi connectivity index (χ4n) is 2.44. The Balaban J connectivity index is 0. The van der Waals surface area contributed by atoms with Gasteiger partial charge in [0, 0.05) is 41.5 Å². The molecule has 190 valence electrons. The van der Waals surface area contributed by atoms with Crippen molar-refractivity contribution in [1.82, 2.24) is 0 Å². The van der Waals surface area contributed by atoms with E-state index >= 15 is 0 Å². The maximum Gasteiger partial charge on any atom is 0.705 e. The van der Waals surface area contributed by atoms with Crippen molar-refractivity contribution >= 4 is 53.4 Å². The first kappa shape index (κ1) is 32.4. The Hall–Kier alpha value is -2.75. The lowest BCUT2D eigenvalue weighted by atomic mass is 10.4. The van der Waals surface area contributed by atoms with Crippen LogP contribution in [0.3, 0.4) is 0 Å². The van der Waals surface area contributed by atoms with E-state index in [1.54, 1.807) is 6.92 Å². The molecule has 0 aliphatic rings. The lowest BCUT2D eigenvalue weighted by Gasteiger charge is -2.25. The Morgan fingerprint density at radius 2 is 0.697 bits per heavy atom. The maximum absolute atomic E-state index is 11.0. The summed E-state index contributed by atoms with van der Waals surface area (Å²) in [5.41, 5.74) is 0. The molecule has 0 radical (unpaired) electrons. The third kappa shape index (κ3) is 16.5. The monoisotopic (exact) mass is 510 g/mol. The van der Waals surface area contributed by atoms with Crippen molar-refractivity contribution in [3.05, 3.63) is 0 Å². The van der Waals surface area contributed by atoms with Crippen LogP contribution >= 0.6 is 0 Å². The topological polar surface area (TPSA) is 158 Å². The van der Waals surface area contributed by atoms with Crippen LogP contribution in [0.1, 0.15) is 74.7 Å². The Morgan fingerprint density at radius 1 is 0.455 bits per heavy atom. The summed E-state index contributed by atoms with van der Waals surface area (Å²) in [5.74, 6) is -3.80. The summed E-state index contributed by atoms with van der Waals surface area (Å²) in [4.78, 5) is 65.8. The standard InChI is InChI=1S/C10H18O6Si.C9H16O6Si/c1-5-6-7-17(14-8(2)11,15-9(3)12)16-10(4)13;1-5-6-16(13-7(2)10,14-8(3)11)15-9(4)12/h5-7H2,1-4H3;5-6H2,1-4H3. The van der Waals surface area contributed by atoms with Gasteiger partial charge in [-0.1, -0.05) is 20.3 Å². The molecule has 0 aromatic rings. The highest BCUT2D eigenvalue weighted by Crippen LogP contribution is 2.20. The summed E-state index contributed by atoms with van der Waals surface area (Å²) < 4.78 is 29.7. The lowest BCUT2D eigenvalue weighted by Crippen LogP contribution is -2.49. The van der Waals surface area contributed by atoms with E-state index in [1.807, 2.05) is 6.92 Å². The molecular formula is C19H34O12Si2. The van der Waals surface area contributed by atoms with Crippen molar-refractivity contribution in [3.8, 4) is 0 Å². The smallest absolute Gasteiger partial charge is 0.455 e. The van der Waals surface area contributed by atoms with Crippen molar-refractivity contribution in [2.75, 3.05) is 0 Å². The molecule has 0 atom stereocenters. The zero-order chi connectivity index (χ0) is 26.2. The molecule has 0 heterocycles. The van der Waals surface area contributed by atoms with Crippen molar-refractivity contribution in [1.29, 1.82) is 0 Å². The Kier molecular flexibility index (Phi) is 15.7. The first-order chi connectivity index (χ1) is 15.1. The highest BCUT2D eigenvalue weighted by Gasteiger charge is 2.51. The molecule has 0 amide bonds. The van der Waals surface area contributed by atoms with E-state index in [4.69, 9.17) is 26.6 Å². The van der Waals surface area contributed by atoms with Gasteiger partial charge in [-0.15, -0.1) is 0 Å². The quantitative estimate of drug-likeness (QED) is 0.374. The molecule has 33 heavy (non-hydrogen) atoms. The van der Waals surface area contributed by atoms with Crippen molar-refractivity contribution in [3.63, 3.8) is 0 Å². The summed E-state index contributed by atoms with van der Waals surface area (Å²) in [6.45, 7) is 10.8. The summed E-state index contributed by atoms with van der Waals surface area (Å²) in [6.07, 6.45) is 2.01. The van der Waals surface area contributed by atoms with Gasteiger partial charge in [-0.2, -0.15) is 0 Å². The van der Waals surface area contributed by atoms with E-state index in [1.165, 1.54) is 41.5 Å². The maximum atomic E-state index is 11.0. The molecule has 0 aromatic heterocycles. The molecule has 0 aromatic carbocycles. The molecule has 0 aliphatic carbocycles. The van der Waals surface area contributed by atoms with E-state index in [-0.39, 0.29) is 12.1 Å². The Labute approximate surface area is 195 Å². The van der Waals surface area contributed by atoms with Crippen LogP contribution in [0.2, 0.25) is 12.1 Å². The van der Waals surface area contributed by atoms with Crippen LogP contribution in [0.25, 0.3) is 0 Å². The van der Waals surface area contributed by atoms with E-state index in [0.717, 1.165) is 6.42 Å². The second-order valence-electron chi connectivity index (χ2n) is 6.78. The number of hydrogen-bond acceptors (Lipinski definition) is 12. The highest BCUT2D eigenvalue weighted by atomic mass is 28.4. The molecule has 0 aliphatic heterocycles. The Morgan fingerprint density at radius 3 is 0.879 bits per heavy atom. The molecule has 0 bridgehead atoms. The van der Waals surface area contributed by atoms with E-state index < -0.39 is 53.4 Å². The third-order valence-electron chi connectivity index (χ3n) is 3.19. The summed E-state index contributed by atoms with van der Waals surface area (Å²) in [5, 5.41) is 0. The SMILES string of the molecule is CCCC[Si](OC(C)=O)(OC(C)=O)OC(C)=O.CCC[Si](OC(C)=O)(OC(C)=O)OC(C)=O. The number of carbonyl (C=O) groups excluding carboxylic acids is 6. The number of unbranched alkanes of at least 4 members (excludes halogenated alkanes) is 1. The average Bonchev–Trinajstić information content (AvgIpc) is 2.56. The molecule has 0 spiro atoms. The van der Waals surface area contributed by atoms with Crippen LogP contribution < -0.4 is 0 Å².